The van der Waals surface area contributed by atoms with Crippen LogP contribution in [0.15, 0.2) is 109 Å². The van der Waals surface area contributed by atoms with Crippen molar-refractivity contribution in [3.05, 3.63) is 176 Å². The molecule has 4 aromatic carbocycles. The predicted molar refractivity (Wildman–Crippen MR) is 267 cm³/mol. The van der Waals surface area contributed by atoms with Gasteiger partial charge in [-0.05, 0) is 150 Å². The SMILES string of the molecule is Cc1ncc(CN(C(=O)OC(C)(C)C)c2ccc(C#N)cc2)c(CF)c1OCc1cccc(C#N)c1.Cc1ncc(CN(C(=O)OC(C)(C)C)c2ccc(C#N)cc2)c(CO)c1OCc1cccc(C#N)c1. The highest BCUT2D eigenvalue weighted by atomic mass is 19.1. The number of aliphatic hydroxyl groups is 1. The first-order chi connectivity index (χ1) is 34.3. The fraction of sp³-hybridized carbons (Fsp3) is 0.286. The van der Waals surface area contributed by atoms with E-state index in [0.717, 1.165) is 11.1 Å². The van der Waals surface area contributed by atoms with E-state index in [9.17, 15) is 19.1 Å². The minimum absolute atomic E-state index is 0.0202. The summed E-state index contributed by atoms with van der Waals surface area (Å²) in [6.45, 7) is 13.3. The smallest absolute Gasteiger partial charge is 0.415 e. The number of aromatic nitrogens is 2. The van der Waals surface area contributed by atoms with Gasteiger partial charge >= 0.3 is 12.2 Å². The Labute approximate surface area is 419 Å². The van der Waals surface area contributed by atoms with E-state index in [4.69, 9.17) is 40.0 Å². The zero-order chi connectivity index (χ0) is 52.6. The number of aliphatic hydroxyl groups excluding tert-OH is 1. The van der Waals surface area contributed by atoms with Crippen LogP contribution in [0, 0.1) is 59.2 Å². The van der Waals surface area contributed by atoms with Crippen LogP contribution in [0.25, 0.3) is 0 Å². The zero-order valence-corrected chi connectivity index (χ0v) is 41.5. The summed E-state index contributed by atoms with van der Waals surface area (Å²) in [5, 5.41) is 46.8. The predicted octanol–water partition coefficient (Wildman–Crippen LogP) is 11.3. The molecule has 0 radical (unpaired) electrons. The van der Waals surface area contributed by atoms with Crippen molar-refractivity contribution in [2.24, 2.45) is 0 Å². The van der Waals surface area contributed by atoms with E-state index in [1.165, 1.54) is 16.0 Å². The summed E-state index contributed by atoms with van der Waals surface area (Å²) in [7, 11) is 0. The van der Waals surface area contributed by atoms with Crippen molar-refractivity contribution in [3.63, 3.8) is 0 Å². The largest absolute Gasteiger partial charge is 0.487 e. The van der Waals surface area contributed by atoms with Crippen LogP contribution in [0.4, 0.5) is 25.4 Å². The Bertz CT molecular complexity index is 2840. The maximum absolute atomic E-state index is 14.4. The highest BCUT2D eigenvalue weighted by Crippen LogP contribution is 2.32. The molecule has 6 rings (SSSR count). The summed E-state index contributed by atoms with van der Waals surface area (Å²) in [6.07, 6.45) is 1.93. The molecule has 0 aliphatic heterocycles. The van der Waals surface area contributed by atoms with Crippen molar-refractivity contribution in [2.45, 2.75) is 106 Å². The molecule has 6 aromatic rings. The molecule has 2 aromatic heterocycles. The number of ether oxygens (including phenoxy) is 4. The van der Waals surface area contributed by atoms with Crippen LogP contribution in [-0.2, 0) is 49.1 Å². The van der Waals surface area contributed by atoms with Crippen LogP contribution in [0.3, 0.4) is 0 Å². The molecule has 0 aliphatic carbocycles. The van der Waals surface area contributed by atoms with E-state index in [0.29, 0.717) is 73.2 Å². The van der Waals surface area contributed by atoms with Crippen LogP contribution < -0.4 is 19.3 Å². The second-order valence-electron chi connectivity index (χ2n) is 18.3. The number of rotatable bonds is 14. The van der Waals surface area contributed by atoms with Gasteiger partial charge in [0.25, 0.3) is 0 Å². The second-order valence-corrected chi connectivity index (χ2v) is 18.3. The number of nitrogens with zero attached hydrogens (tertiary/aromatic N) is 8. The first-order valence-corrected chi connectivity index (χ1v) is 22.7. The zero-order valence-electron chi connectivity index (χ0n) is 41.5. The Morgan fingerprint density at radius 2 is 0.958 bits per heavy atom. The highest BCUT2D eigenvalue weighted by Gasteiger charge is 2.28. The van der Waals surface area contributed by atoms with Gasteiger partial charge in [-0.1, -0.05) is 24.3 Å². The van der Waals surface area contributed by atoms with Gasteiger partial charge in [0.15, 0.2) is 0 Å². The van der Waals surface area contributed by atoms with Gasteiger partial charge in [0.2, 0.25) is 0 Å². The Kier molecular flexibility index (Phi) is 18.5. The Morgan fingerprint density at radius 3 is 1.31 bits per heavy atom. The van der Waals surface area contributed by atoms with Crippen molar-refractivity contribution < 1.29 is 38.0 Å². The normalized spacial score (nSPS) is 10.8. The average molecular weight is 971 g/mol. The molecule has 368 valence electrons. The number of amides is 2. The molecule has 2 heterocycles. The quantitative estimate of drug-likeness (QED) is 0.107. The number of pyridine rings is 2. The number of hydrogen-bond acceptors (Lipinski definition) is 13. The number of aryl methyl sites for hydroxylation is 2. The molecular formula is C56H55FN8O7. The van der Waals surface area contributed by atoms with Crippen LogP contribution in [0.1, 0.15) is 109 Å². The van der Waals surface area contributed by atoms with Crippen molar-refractivity contribution in [1.82, 2.24) is 9.97 Å². The monoisotopic (exact) mass is 970 g/mol. The number of alkyl halides is 1. The molecule has 15 nitrogen and oxygen atoms in total. The minimum atomic E-state index is -0.832. The van der Waals surface area contributed by atoms with Crippen LogP contribution >= 0.6 is 0 Å². The molecule has 16 heteroatoms. The molecule has 2 amide bonds. The maximum Gasteiger partial charge on any atom is 0.415 e. The summed E-state index contributed by atoms with van der Waals surface area (Å²) >= 11 is 0. The number of nitriles is 4. The lowest BCUT2D eigenvalue weighted by molar-refractivity contribution is 0.0566. The van der Waals surface area contributed by atoms with Crippen molar-refractivity contribution in [3.8, 4) is 35.8 Å². The first kappa shape index (κ1) is 54.1. The van der Waals surface area contributed by atoms with E-state index in [1.54, 1.807) is 147 Å². The topological polar surface area (TPSA) is 219 Å². The lowest BCUT2D eigenvalue weighted by Crippen LogP contribution is -2.36. The Hall–Kier alpha value is -8.83. The van der Waals surface area contributed by atoms with Gasteiger partial charge in [-0.25, -0.2) is 14.0 Å². The van der Waals surface area contributed by atoms with E-state index < -0.39 is 30.1 Å². The van der Waals surface area contributed by atoms with Gasteiger partial charge in [0.1, 0.15) is 42.6 Å². The summed E-state index contributed by atoms with van der Waals surface area (Å²) in [6, 6.07) is 35.4. The molecule has 0 spiro atoms. The molecule has 0 unspecified atom stereocenters. The fourth-order valence-corrected chi connectivity index (χ4v) is 7.03. The number of anilines is 2. The molecule has 1 N–H and O–H groups in total. The van der Waals surface area contributed by atoms with E-state index in [1.807, 2.05) is 18.2 Å². The third kappa shape index (κ3) is 15.1. The average Bonchev–Trinajstić information content (AvgIpc) is 3.36. The fourth-order valence-electron chi connectivity index (χ4n) is 7.03. The maximum atomic E-state index is 14.4. The number of benzene rings is 4. The summed E-state index contributed by atoms with van der Waals surface area (Å²) < 4.78 is 37.6. The van der Waals surface area contributed by atoms with Crippen LogP contribution in [-0.4, -0.2) is 38.5 Å². The molecule has 0 aliphatic rings. The number of hydrogen-bond donors (Lipinski definition) is 1. The Morgan fingerprint density at radius 1 is 0.583 bits per heavy atom. The van der Waals surface area contributed by atoms with Crippen LogP contribution in [0.2, 0.25) is 0 Å². The lowest BCUT2D eigenvalue weighted by Gasteiger charge is -2.28. The van der Waals surface area contributed by atoms with E-state index in [-0.39, 0.29) is 38.5 Å². The molecular weight excluding hydrogens is 916 g/mol. The lowest BCUT2D eigenvalue weighted by atomic mass is 10.1. The van der Waals surface area contributed by atoms with Crippen molar-refractivity contribution in [2.75, 3.05) is 9.80 Å². The number of carbonyl (C=O) groups is 2. The van der Waals surface area contributed by atoms with Gasteiger partial charge in [0.05, 0.1) is 77.6 Å². The standard InChI is InChI=1S/C28H27FN4O3.C28H28N4O4/c1-19-26(35-18-22-7-5-6-21(12-22)15-31)25(13-29)23(16-32-19)17-33(27(34)36-28(2,3)4)24-10-8-20(14-30)9-11-24;1-19-26(35-18-22-7-5-6-21(12-22)14-30)25(17-33)23(15-31-19)16-32(27(34)36-28(2,3)4)24-10-8-20(13-29)9-11-24/h5-12,16H,13,17-18H2,1-4H3;5-12,15,33H,16-18H2,1-4H3. The van der Waals surface area contributed by atoms with E-state index >= 15 is 0 Å². The Balaban J connectivity index is 0.000000267. The molecule has 0 atom stereocenters. The van der Waals surface area contributed by atoms with Gasteiger partial charge < -0.3 is 24.1 Å². The number of halogens is 1. The molecule has 0 bridgehead atoms. The van der Waals surface area contributed by atoms with Gasteiger partial charge in [0, 0.05) is 34.9 Å². The van der Waals surface area contributed by atoms with Gasteiger partial charge in [-0.2, -0.15) is 21.0 Å². The van der Waals surface area contributed by atoms with Gasteiger partial charge in [-0.3, -0.25) is 19.8 Å². The third-order valence-corrected chi connectivity index (χ3v) is 10.5. The van der Waals surface area contributed by atoms with Gasteiger partial charge in [-0.15, -0.1) is 0 Å². The highest BCUT2D eigenvalue weighted by molar-refractivity contribution is 5.88. The van der Waals surface area contributed by atoms with Crippen molar-refractivity contribution >= 4 is 23.6 Å². The minimum Gasteiger partial charge on any atom is -0.487 e. The summed E-state index contributed by atoms with van der Waals surface area (Å²) in [5.74, 6) is 0.711. The third-order valence-electron chi connectivity index (χ3n) is 10.5. The van der Waals surface area contributed by atoms with E-state index in [2.05, 4.69) is 28.2 Å². The summed E-state index contributed by atoms with van der Waals surface area (Å²) in [5.41, 5.74) is 5.96. The first-order valence-electron chi connectivity index (χ1n) is 22.7. The summed E-state index contributed by atoms with van der Waals surface area (Å²) in [4.78, 5) is 37.9. The van der Waals surface area contributed by atoms with Crippen LogP contribution in [0.5, 0.6) is 11.5 Å². The number of carbonyl (C=O) groups excluding carboxylic acids is 2. The molecule has 0 saturated carbocycles. The molecule has 0 saturated heterocycles. The molecule has 0 fully saturated rings. The molecule has 72 heavy (non-hydrogen) atoms. The second kappa shape index (κ2) is 24.6. The van der Waals surface area contributed by atoms with Crippen molar-refractivity contribution in [1.29, 1.82) is 21.0 Å².